The van der Waals surface area contributed by atoms with Crippen LogP contribution in [-0.4, -0.2) is 21.4 Å². The van der Waals surface area contributed by atoms with E-state index in [0.717, 1.165) is 18.9 Å². The minimum absolute atomic E-state index is 0.0613. The third kappa shape index (κ3) is 3.40. The molecule has 0 bridgehead atoms. The molecule has 0 aliphatic heterocycles. The molecule has 0 radical (unpaired) electrons. The van der Waals surface area contributed by atoms with Crippen LogP contribution in [0.5, 0.6) is 0 Å². The molecule has 1 aromatic carbocycles. The molecule has 146 valence electrons. The number of furan rings is 1. The molecule has 4 rings (SSSR count). The predicted octanol–water partition coefficient (Wildman–Crippen LogP) is 4.36. The van der Waals surface area contributed by atoms with Crippen LogP contribution < -0.4 is 10.6 Å². The average Bonchev–Trinajstić information content (AvgIpc) is 3.25. The van der Waals surface area contributed by atoms with Crippen LogP contribution in [0.4, 0.5) is 14.6 Å². The number of halogens is 3. The molecule has 1 amide bonds. The van der Waals surface area contributed by atoms with Gasteiger partial charge < -0.3 is 15.1 Å². The van der Waals surface area contributed by atoms with Crippen molar-refractivity contribution in [2.24, 2.45) is 0 Å². The molecule has 3 aromatic rings. The maximum atomic E-state index is 13.9. The van der Waals surface area contributed by atoms with Gasteiger partial charge in [0.2, 0.25) is 5.71 Å². The standard InChI is InChI=1S/C19H17ClF2N4O2/c1-9-14(17(27)23-7-10-5-11(20)13(22)6-12(10)21)15-16(26-19(2)3-4-19)24-8-25-18(15)28-9/h5-6,8H,3-4,7H2,1-2H3,(H,23,27)(H,24,25,26). The zero-order chi connectivity index (χ0) is 20.1. The molecule has 1 aliphatic rings. The first kappa shape index (κ1) is 18.6. The van der Waals surface area contributed by atoms with Gasteiger partial charge in [-0.15, -0.1) is 0 Å². The number of amides is 1. The lowest BCUT2D eigenvalue weighted by Gasteiger charge is -2.13. The Morgan fingerprint density at radius 2 is 2.04 bits per heavy atom. The fourth-order valence-corrected chi connectivity index (χ4v) is 3.16. The Hall–Kier alpha value is -2.74. The molecule has 0 unspecified atom stereocenters. The van der Waals surface area contributed by atoms with E-state index < -0.39 is 17.5 Å². The molecule has 1 saturated carbocycles. The van der Waals surface area contributed by atoms with E-state index in [1.54, 1.807) is 6.92 Å². The van der Waals surface area contributed by atoms with Crippen molar-refractivity contribution in [3.63, 3.8) is 0 Å². The molecule has 0 spiro atoms. The van der Waals surface area contributed by atoms with Crippen LogP contribution in [0.25, 0.3) is 11.1 Å². The number of rotatable bonds is 5. The molecule has 2 N–H and O–H groups in total. The van der Waals surface area contributed by atoms with E-state index in [4.69, 9.17) is 16.0 Å². The van der Waals surface area contributed by atoms with Gasteiger partial charge in [-0.25, -0.2) is 18.7 Å². The number of benzene rings is 1. The second kappa shape index (κ2) is 6.70. The van der Waals surface area contributed by atoms with Crippen molar-refractivity contribution >= 4 is 34.4 Å². The van der Waals surface area contributed by atoms with Crippen molar-refractivity contribution < 1.29 is 18.0 Å². The first-order valence-corrected chi connectivity index (χ1v) is 9.09. The van der Waals surface area contributed by atoms with E-state index in [1.807, 2.05) is 0 Å². The first-order valence-electron chi connectivity index (χ1n) is 8.71. The van der Waals surface area contributed by atoms with Crippen molar-refractivity contribution in [1.82, 2.24) is 15.3 Å². The number of carbonyl (C=O) groups is 1. The third-order valence-electron chi connectivity index (χ3n) is 4.84. The number of nitrogens with one attached hydrogen (secondary N) is 2. The zero-order valence-electron chi connectivity index (χ0n) is 15.2. The van der Waals surface area contributed by atoms with Crippen molar-refractivity contribution in [2.45, 2.75) is 38.8 Å². The Morgan fingerprint density at radius 3 is 2.75 bits per heavy atom. The average molecular weight is 407 g/mol. The smallest absolute Gasteiger partial charge is 0.255 e. The van der Waals surface area contributed by atoms with E-state index in [9.17, 15) is 13.6 Å². The highest BCUT2D eigenvalue weighted by atomic mass is 35.5. The Kier molecular flexibility index (Phi) is 4.45. The number of anilines is 1. The topological polar surface area (TPSA) is 80.1 Å². The summed E-state index contributed by atoms with van der Waals surface area (Å²) in [6.45, 7) is 3.55. The van der Waals surface area contributed by atoms with Crippen LogP contribution in [0.3, 0.4) is 0 Å². The van der Waals surface area contributed by atoms with E-state index in [0.29, 0.717) is 28.7 Å². The van der Waals surface area contributed by atoms with Crippen molar-refractivity contribution in [1.29, 1.82) is 0 Å². The molecule has 0 atom stereocenters. The van der Waals surface area contributed by atoms with Gasteiger partial charge in [-0.05, 0) is 32.8 Å². The quantitative estimate of drug-likeness (QED) is 0.615. The fraction of sp³-hybridized carbons (Fsp3) is 0.316. The van der Waals surface area contributed by atoms with Crippen molar-refractivity contribution in [3.8, 4) is 0 Å². The summed E-state index contributed by atoms with van der Waals surface area (Å²) < 4.78 is 32.8. The highest BCUT2D eigenvalue weighted by Crippen LogP contribution is 2.40. The van der Waals surface area contributed by atoms with Crippen molar-refractivity contribution in [2.75, 3.05) is 5.32 Å². The number of aromatic nitrogens is 2. The molecule has 28 heavy (non-hydrogen) atoms. The minimum Gasteiger partial charge on any atom is -0.442 e. The molecular weight excluding hydrogens is 390 g/mol. The summed E-state index contributed by atoms with van der Waals surface area (Å²) in [6.07, 6.45) is 3.37. The normalized spacial score (nSPS) is 14.9. The lowest BCUT2D eigenvalue weighted by atomic mass is 10.1. The molecule has 1 fully saturated rings. The van der Waals surface area contributed by atoms with E-state index in [-0.39, 0.29) is 28.2 Å². The first-order chi connectivity index (χ1) is 13.3. The third-order valence-corrected chi connectivity index (χ3v) is 5.13. The number of nitrogens with zero attached hydrogens (tertiary/aromatic N) is 2. The molecule has 9 heteroatoms. The summed E-state index contributed by atoms with van der Waals surface area (Å²) >= 11 is 5.70. The molecule has 2 aromatic heterocycles. The lowest BCUT2D eigenvalue weighted by molar-refractivity contribution is 0.0950. The number of hydrogen-bond acceptors (Lipinski definition) is 5. The van der Waals surface area contributed by atoms with Gasteiger partial charge in [-0.2, -0.15) is 0 Å². The number of carbonyl (C=O) groups excluding carboxylic acids is 1. The van der Waals surface area contributed by atoms with Gasteiger partial charge in [0.1, 0.15) is 29.5 Å². The Bertz CT molecular complexity index is 1100. The molecule has 2 heterocycles. The minimum atomic E-state index is -0.854. The summed E-state index contributed by atoms with van der Waals surface area (Å²) in [5.74, 6) is -1.23. The zero-order valence-corrected chi connectivity index (χ0v) is 16.0. The van der Waals surface area contributed by atoms with Crippen LogP contribution >= 0.6 is 11.6 Å². The second-order valence-corrected chi connectivity index (χ2v) is 7.57. The molecule has 0 saturated heterocycles. The monoisotopic (exact) mass is 406 g/mol. The van der Waals surface area contributed by atoms with E-state index in [2.05, 4.69) is 27.5 Å². The van der Waals surface area contributed by atoms with Crippen molar-refractivity contribution in [3.05, 3.63) is 52.0 Å². The van der Waals surface area contributed by atoms with Gasteiger partial charge in [-0.1, -0.05) is 11.6 Å². The summed E-state index contributed by atoms with van der Waals surface area (Å²) in [5, 5.41) is 6.21. The maximum Gasteiger partial charge on any atom is 0.255 e. The SMILES string of the molecule is Cc1oc2ncnc(NC3(C)CC3)c2c1C(=O)NCc1cc(Cl)c(F)cc1F. The Labute approximate surface area is 164 Å². The van der Waals surface area contributed by atoms with Gasteiger partial charge in [0.15, 0.2) is 0 Å². The van der Waals surface area contributed by atoms with Gasteiger partial charge in [0, 0.05) is 23.7 Å². The Balaban J connectivity index is 1.64. The van der Waals surface area contributed by atoms with Crippen LogP contribution in [0.1, 0.15) is 41.4 Å². The van der Waals surface area contributed by atoms with E-state index in [1.165, 1.54) is 6.33 Å². The summed E-state index contributed by atoms with van der Waals surface area (Å²) in [4.78, 5) is 21.2. The number of fused-ring (bicyclic) bond motifs is 1. The fourth-order valence-electron chi connectivity index (χ4n) is 2.97. The summed E-state index contributed by atoms with van der Waals surface area (Å²) in [6, 6.07) is 1.84. The number of aryl methyl sites for hydroxylation is 1. The largest absolute Gasteiger partial charge is 0.442 e. The van der Waals surface area contributed by atoms with Gasteiger partial charge in [0.05, 0.1) is 16.0 Å². The van der Waals surface area contributed by atoms with Crippen LogP contribution in [0.2, 0.25) is 5.02 Å². The second-order valence-electron chi connectivity index (χ2n) is 7.16. The van der Waals surface area contributed by atoms with Gasteiger partial charge >= 0.3 is 0 Å². The van der Waals surface area contributed by atoms with Gasteiger partial charge in [0.25, 0.3) is 5.91 Å². The summed E-state index contributed by atoms with van der Waals surface area (Å²) in [7, 11) is 0. The summed E-state index contributed by atoms with van der Waals surface area (Å²) in [5.41, 5.74) is 0.579. The highest BCUT2D eigenvalue weighted by molar-refractivity contribution is 6.30. The van der Waals surface area contributed by atoms with Crippen LogP contribution in [0.15, 0.2) is 22.9 Å². The van der Waals surface area contributed by atoms with E-state index >= 15 is 0 Å². The van der Waals surface area contributed by atoms with Crippen LogP contribution in [-0.2, 0) is 6.54 Å². The van der Waals surface area contributed by atoms with Crippen LogP contribution in [0, 0.1) is 18.6 Å². The lowest BCUT2D eigenvalue weighted by Crippen LogP contribution is -2.24. The predicted molar refractivity (Wildman–Crippen MR) is 100 cm³/mol. The molecular formula is C19H17ClF2N4O2. The highest BCUT2D eigenvalue weighted by Gasteiger charge is 2.38. The Morgan fingerprint density at radius 1 is 1.29 bits per heavy atom. The molecule has 6 nitrogen and oxygen atoms in total. The molecule has 1 aliphatic carbocycles. The maximum absolute atomic E-state index is 13.9. The number of hydrogen-bond donors (Lipinski definition) is 2. The van der Waals surface area contributed by atoms with Gasteiger partial charge in [-0.3, -0.25) is 4.79 Å².